The summed E-state index contributed by atoms with van der Waals surface area (Å²) in [4.78, 5) is 16.1. The van der Waals surface area contributed by atoms with Gasteiger partial charge < -0.3 is 4.52 Å². The second-order valence-corrected chi connectivity index (χ2v) is 7.31. The molecule has 0 spiro atoms. The summed E-state index contributed by atoms with van der Waals surface area (Å²) in [6.07, 6.45) is -4.68. The van der Waals surface area contributed by atoms with Gasteiger partial charge in [0.15, 0.2) is 5.82 Å². The number of aryl methyl sites for hydroxylation is 1. The van der Waals surface area contributed by atoms with Crippen LogP contribution in [0.5, 0.6) is 0 Å². The molecule has 8 heteroatoms. The molecule has 0 amide bonds. The van der Waals surface area contributed by atoms with Gasteiger partial charge in [0.05, 0.1) is 5.56 Å². The summed E-state index contributed by atoms with van der Waals surface area (Å²) in [5, 5.41) is 3.74. The van der Waals surface area contributed by atoms with E-state index in [1.807, 2.05) is 20.8 Å². The van der Waals surface area contributed by atoms with Crippen LogP contribution in [0, 0.1) is 0 Å². The number of ketones is 1. The number of alkyl halides is 3. The number of aromatic nitrogens is 2. The number of rotatable bonds is 4. The van der Waals surface area contributed by atoms with Crippen molar-refractivity contribution in [3.63, 3.8) is 0 Å². The number of hydrogen-bond acceptors (Lipinski definition) is 4. The van der Waals surface area contributed by atoms with Gasteiger partial charge in [-0.3, -0.25) is 4.79 Å². The molecular weight excluding hydrogens is 389 g/mol. The van der Waals surface area contributed by atoms with E-state index in [1.165, 1.54) is 12.1 Å². The highest BCUT2D eigenvalue weighted by Gasteiger charge is 2.33. The molecule has 130 valence electrons. The molecule has 0 aliphatic carbocycles. The minimum absolute atomic E-state index is 0.0506. The van der Waals surface area contributed by atoms with Gasteiger partial charge in [-0.1, -0.05) is 47.9 Å². The minimum atomic E-state index is -4.48. The molecule has 0 N–H and O–H groups in total. The Morgan fingerprint density at radius 1 is 1.25 bits per heavy atom. The van der Waals surface area contributed by atoms with Crippen molar-refractivity contribution in [2.24, 2.45) is 0 Å². The lowest BCUT2D eigenvalue weighted by molar-refractivity contribution is -0.138. The summed E-state index contributed by atoms with van der Waals surface area (Å²) in [6, 6.07) is 3.87. The lowest BCUT2D eigenvalue weighted by atomic mass is 9.96. The number of nitrogens with zero attached hydrogens (tertiary/aromatic N) is 2. The van der Waals surface area contributed by atoms with E-state index < -0.39 is 17.5 Å². The van der Waals surface area contributed by atoms with E-state index in [0.717, 1.165) is 6.07 Å². The van der Waals surface area contributed by atoms with E-state index in [1.54, 1.807) is 0 Å². The van der Waals surface area contributed by atoms with E-state index in [2.05, 4.69) is 26.1 Å². The number of benzene rings is 1. The van der Waals surface area contributed by atoms with Gasteiger partial charge in [-0.25, -0.2) is 0 Å². The average molecular weight is 405 g/mol. The van der Waals surface area contributed by atoms with Crippen LogP contribution in [0.2, 0.25) is 0 Å². The number of carbonyl (C=O) groups excluding carboxylic acids is 1. The van der Waals surface area contributed by atoms with Crippen molar-refractivity contribution in [3.8, 4) is 0 Å². The minimum Gasteiger partial charge on any atom is -0.331 e. The highest BCUT2D eigenvalue weighted by Crippen LogP contribution is 2.34. The van der Waals surface area contributed by atoms with Gasteiger partial charge >= 0.3 is 6.18 Å². The SMILES string of the molecule is CC(C)(C)c1noc(C(=O)CCc2ccc(Br)cc2C(F)(F)F)n1. The summed E-state index contributed by atoms with van der Waals surface area (Å²) in [5.74, 6) is -0.273. The van der Waals surface area contributed by atoms with Gasteiger partial charge in [0.2, 0.25) is 5.78 Å². The maximum Gasteiger partial charge on any atom is 0.416 e. The van der Waals surface area contributed by atoms with E-state index in [4.69, 9.17) is 4.52 Å². The average Bonchev–Trinajstić information content (AvgIpc) is 2.94. The molecule has 1 aromatic carbocycles. The number of hydrogen-bond donors (Lipinski definition) is 0. The van der Waals surface area contributed by atoms with Gasteiger partial charge in [-0.15, -0.1) is 0 Å². The zero-order valence-electron chi connectivity index (χ0n) is 13.4. The second-order valence-electron chi connectivity index (χ2n) is 6.40. The maximum atomic E-state index is 13.1. The first-order chi connectivity index (χ1) is 11.0. The van der Waals surface area contributed by atoms with Gasteiger partial charge in [0.1, 0.15) is 0 Å². The van der Waals surface area contributed by atoms with Crippen LogP contribution in [0.3, 0.4) is 0 Å². The smallest absolute Gasteiger partial charge is 0.331 e. The van der Waals surface area contributed by atoms with Crippen LogP contribution in [0.25, 0.3) is 0 Å². The Balaban J connectivity index is 2.14. The molecule has 0 fully saturated rings. The fourth-order valence-electron chi connectivity index (χ4n) is 2.03. The molecule has 2 rings (SSSR count). The topological polar surface area (TPSA) is 56.0 Å². The van der Waals surface area contributed by atoms with E-state index in [-0.39, 0.29) is 29.7 Å². The molecule has 0 saturated carbocycles. The Hall–Kier alpha value is -1.70. The molecule has 1 heterocycles. The summed E-state index contributed by atoms with van der Waals surface area (Å²) < 4.78 is 44.4. The maximum absolute atomic E-state index is 13.1. The van der Waals surface area contributed by atoms with Crippen LogP contribution in [0.1, 0.15) is 54.8 Å². The van der Waals surface area contributed by atoms with Crippen LogP contribution in [-0.4, -0.2) is 15.9 Å². The third-order valence-electron chi connectivity index (χ3n) is 3.33. The van der Waals surface area contributed by atoms with Crippen molar-refractivity contribution in [1.82, 2.24) is 10.1 Å². The fraction of sp³-hybridized carbons (Fsp3) is 0.438. The molecule has 0 atom stereocenters. The lowest BCUT2D eigenvalue weighted by Gasteiger charge is -2.12. The van der Waals surface area contributed by atoms with Gasteiger partial charge in [0.25, 0.3) is 5.89 Å². The number of halogens is 4. The number of Topliss-reactive ketones (excluding diaryl/α,β-unsaturated/α-hetero) is 1. The highest BCUT2D eigenvalue weighted by atomic mass is 79.9. The predicted molar refractivity (Wildman–Crippen MR) is 84.8 cm³/mol. The van der Waals surface area contributed by atoms with Crippen LogP contribution in [0.15, 0.2) is 27.2 Å². The molecule has 0 aliphatic rings. The van der Waals surface area contributed by atoms with Crippen molar-refractivity contribution in [1.29, 1.82) is 0 Å². The molecule has 24 heavy (non-hydrogen) atoms. The van der Waals surface area contributed by atoms with Crippen molar-refractivity contribution >= 4 is 21.7 Å². The molecular formula is C16H16BrF3N2O2. The van der Waals surface area contributed by atoms with Gasteiger partial charge in [-0.2, -0.15) is 18.2 Å². The molecule has 0 unspecified atom stereocenters. The summed E-state index contributed by atoms with van der Waals surface area (Å²) >= 11 is 3.03. The van der Waals surface area contributed by atoms with Gasteiger partial charge in [0, 0.05) is 16.3 Å². The molecule has 0 saturated heterocycles. The van der Waals surface area contributed by atoms with E-state index in [0.29, 0.717) is 10.3 Å². The zero-order valence-corrected chi connectivity index (χ0v) is 15.0. The monoisotopic (exact) mass is 404 g/mol. The molecule has 4 nitrogen and oxygen atoms in total. The second kappa shape index (κ2) is 6.66. The largest absolute Gasteiger partial charge is 0.416 e. The Kier molecular flexibility index (Phi) is 5.17. The molecule has 0 bridgehead atoms. The fourth-order valence-corrected chi connectivity index (χ4v) is 2.39. The normalized spacial score (nSPS) is 12.5. The lowest BCUT2D eigenvalue weighted by Crippen LogP contribution is -2.14. The summed E-state index contributed by atoms with van der Waals surface area (Å²) in [6.45, 7) is 5.59. The quantitative estimate of drug-likeness (QED) is 0.675. The van der Waals surface area contributed by atoms with Crippen molar-refractivity contribution in [2.45, 2.75) is 45.2 Å². The number of carbonyl (C=O) groups is 1. The van der Waals surface area contributed by atoms with Crippen LogP contribution in [-0.2, 0) is 18.0 Å². The van der Waals surface area contributed by atoms with Crippen molar-refractivity contribution in [3.05, 3.63) is 45.5 Å². The van der Waals surface area contributed by atoms with Crippen LogP contribution < -0.4 is 0 Å². The van der Waals surface area contributed by atoms with E-state index in [9.17, 15) is 18.0 Å². The van der Waals surface area contributed by atoms with Crippen LogP contribution >= 0.6 is 15.9 Å². The predicted octanol–water partition coefficient (Wildman–Crippen LogP) is 4.96. The zero-order chi connectivity index (χ0) is 18.1. The van der Waals surface area contributed by atoms with Crippen molar-refractivity contribution in [2.75, 3.05) is 0 Å². The molecule has 1 aromatic heterocycles. The van der Waals surface area contributed by atoms with Crippen molar-refractivity contribution < 1.29 is 22.5 Å². The summed E-state index contributed by atoms with van der Waals surface area (Å²) in [7, 11) is 0. The highest BCUT2D eigenvalue weighted by molar-refractivity contribution is 9.10. The standard InChI is InChI=1S/C16H16BrF3N2O2/c1-15(2,3)14-21-13(24-22-14)12(23)7-5-9-4-6-10(17)8-11(9)16(18,19)20/h4,6,8H,5,7H2,1-3H3. The Morgan fingerprint density at radius 2 is 1.92 bits per heavy atom. The Morgan fingerprint density at radius 3 is 2.46 bits per heavy atom. The molecule has 0 radical (unpaired) electrons. The first-order valence-electron chi connectivity index (χ1n) is 7.21. The van der Waals surface area contributed by atoms with E-state index >= 15 is 0 Å². The van der Waals surface area contributed by atoms with Crippen LogP contribution in [0.4, 0.5) is 13.2 Å². The molecule has 2 aromatic rings. The third-order valence-corrected chi connectivity index (χ3v) is 3.83. The first kappa shape index (κ1) is 18.6. The van der Waals surface area contributed by atoms with Gasteiger partial charge in [-0.05, 0) is 24.1 Å². The Bertz CT molecular complexity index is 749. The summed E-state index contributed by atoms with van der Waals surface area (Å²) in [5.41, 5.74) is -1.09. The Labute approximate surface area is 145 Å². The molecule has 0 aliphatic heterocycles. The first-order valence-corrected chi connectivity index (χ1v) is 8.01. The third kappa shape index (κ3) is 4.43.